The fourth-order valence-corrected chi connectivity index (χ4v) is 8.61. The molecule has 0 spiro atoms. The van der Waals surface area contributed by atoms with Crippen molar-refractivity contribution in [2.75, 3.05) is 48.5 Å². The zero-order chi connectivity index (χ0) is 43.9. The number of amides is 4. The topological polar surface area (TPSA) is 169 Å². The fraction of sp³-hybridized carbons (Fsp3) is 0.773. The Balaban J connectivity index is 2.27. The number of hydrogen-bond donors (Lipinski definition) is 2. The summed E-state index contributed by atoms with van der Waals surface area (Å²) in [6, 6.07) is 5.91. The Morgan fingerprint density at radius 1 is 0.897 bits per heavy atom. The molecular weight excluding hydrogens is 737 g/mol. The Morgan fingerprint density at radius 3 is 1.98 bits per heavy atom. The lowest BCUT2D eigenvalue weighted by atomic mass is 9.89. The van der Waals surface area contributed by atoms with Crippen LogP contribution >= 0.6 is 0 Å². The quantitative estimate of drug-likeness (QED) is 0.0748. The number of hydrogen-bond acceptors (Lipinski definition) is 8. The van der Waals surface area contributed by atoms with Gasteiger partial charge in [-0.2, -0.15) is 0 Å². The summed E-state index contributed by atoms with van der Waals surface area (Å²) < 4.78 is 12.0. The zero-order valence-electron chi connectivity index (χ0n) is 38.0. The standard InChI is InChI=1S/C44H76N8O6/c1-15-30(8)40(51(12)44(56)38(28(4)5)48-43(55)39(29(6)7)50(10)11)36(57-13)25-37(53)52-22-16-17-35(52)41(58-14)31(9)42(54)47-34(26-46-49-45)24-33-20-18-32(19-21-33)23-27(2)3/h18-21,27-31,34-36,38-41H,15-17,22-26H2,1-14H3,(H,47,54)(H,48,55)/t30-,31+,34-,35-,36+,38-,39-,40-,41+/m0/s1. The van der Waals surface area contributed by atoms with E-state index in [4.69, 9.17) is 15.0 Å². The van der Waals surface area contributed by atoms with Gasteiger partial charge in [0.15, 0.2) is 0 Å². The summed E-state index contributed by atoms with van der Waals surface area (Å²) in [6.07, 6.45) is 2.43. The minimum absolute atomic E-state index is 0.0234. The third-order valence-corrected chi connectivity index (χ3v) is 11.8. The first-order valence-electron chi connectivity index (χ1n) is 21.3. The van der Waals surface area contributed by atoms with Crippen molar-refractivity contribution >= 4 is 23.6 Å². The molecule has 0 radical (unpaired) electrons. The van der Waals surface area contributed by atoms with E-state index in [-0.39, 0.29) is 60.4 Å². The highest BCUT2D eigenvalue weighted by Crippen LogP contribution is 2.30. The van der Waals surface area contributed by atoms with E-state index in [0.29, 0.717) is 25.3 Å². The van der Waals surface area contributed by atoms with Gasteiger partial charge in [0.25, 0.3) is 0 Å². The van der Waals surface area contributed by atoms with Crippen LogP contribution in [-0.2, 0) is 41.5 Å². The van der Waals surface area contributed by atoms with E-state index in [1.54, 1.807) is 38.0 Å². The van der Waals surface area contributed by atoms with E-state index in [1.807, 2.05) is 60.5 Å². The molecular formula is C44H76N8O6. The van der Waals surface area contributed by atoms with Crippen LogP contribution < -0.4 is 10.6 Å². The molecule has 0 bridgehead atoms. The fourth-order valence-electron chi connectivity index (χ4n) is 8.61. The number of azide groups is 1. The van der Waals surface area contributed by atoms with Crippen LogP contribution in [0, 0.1) is 29.6 Å². The Hall–Kier alpha value is -3.71. The molecule has 1 saturated heterocycles. The van der Waals surface area contributed by atoms with Gasteiger partial charge in [0, 0.05) is 45.3 Å². The first kappa shape index (κ1) is 50.4. The predicted molar refractivity (Wildman–Crippen MR) is 230 cm³/mol. The van der Waals surface area contributed by atoms with E-state index in [1.165, 1.54) is 5.56 Å². The summed E-state index contributed by atoms with van der Waals surface area (Å²) >= 11 is 0. The summed E-state index contributed by atoms with van der Waals surface area (Å²) in [5, 5.41) is 9.93. The third kappa shape index (κ3) is 14.2. The molecule has 9 atom stereocenters. The van der Waals surface area contributed by atoms with Gasteiger partial charge < -0.3 is 29.9 Å². The molecule has 328 valence electrons. The average Bonchev–Trinajstić information content (AvgIpc) is 3.65. The molecule has 0 unspecified atom stereocenters. The number of carbonyl (C=O) groups excluding carboxylic acids is 4. The number of benzene rings is 1. The lowest BCUT2D eigenvalue weighted by Crippen LogP contribution is -2.59. The van der Waals surface area contributed by atoms with Crippen molar-refractivity contribution in [1.29, 1.82) is 0 Å². The van der Waals surface area contributed by atoms with Gasteiger partial charge in [-0.25, -0.2) is 0 Å². The molecule has 1 aromatic carbocycles. The lowest BCUT2D eigenvalue weighted by molar-refractivity contribution is -0.148. The summed E-state index contributed by atoms with van der Waals surface area (Å²) in [5.41, 5.74) is 11.4. The molecule has 0 aliphatic carbocycles. The van der Waals surface area contributed by atoms with Crippen LogP contribution in [0.2, 0.25) is 0 Å². The first-order chi connectivity index (χ1) is 27.3. The van der Waals surface area contributed by atoms with Crippen LogP contribution in [0.4, 0.5) is 0 Å². The predicted octanol–water partition coefficient (Wildman–Crippen LogP) is 5.87. The van der Waals surface area contributed by atoms with Gasteiger partial charge in [0.1, 0.15) is 6.04 Å². The zero-order valence-corrected chi connectivity index (χ0v) is 38.0. The van der Waals surface area contributed by atoms with Crippen molar-refractivity contribution in [3.8, 4) is 0 Å². The van der Waals surface area contributed by atoms with Crippen LogP contribution in [-0.4, -0.2) is 129 Å². The molecule has 1 aromatic rings. The Morgan fingerprint density at radius 2 is 1.50 bits per heavy atom. The molecule has 1 heterocycles. The number of nitrogens with zero attached hydrogens (tertiary/aromatic N) is 6. The van der Waals surface area contributed by atoms with Crippen molar-refractivity contribution in [2.45, 2.75) is 143 Å². The maximum atomic E-state index is 14.3. The molecule has 1 aliphatic rings. The average molecular weight is 813 g/mol. The van der Waals surface area contributed by atoms with Crippen molar-refractivity contribution < 1.29 is 28.7 Å². The molecule has 1 fully saturated rings. The smallest absolute Gasteiger partial charge is 0.245 e. The second-order valence-corrected chi connectivity index (χ2v) is 17.7. The summed E-state index contributed by atoms with van der Waals surface area (Å²) in [4.78, 5) is 64.2. The van der Waals surface area contributed by atoms with E-state index in [0.717, 1.165) is 24.8 Å². The maximum absolute atomic E-state index is 14.3. The SMILES string of the molecule is CC[C@H](C)[C@@H]([C@@H](CC(=O)N1CCC[C@H]1[C@H](OC)[C@@H](C)C(=O)N[C@H](CN=[N+]=[N-])Cc1ccc(CC(C)C)cc1)OC)N(C)C(=O)[C@@H](NC(=O)[C@H](C(C)C)N(C)C)C(C)C. The molecule has 2 N–H and O–H groups in total. The second-order valence-electron chi connectivity index (χ2n) is 17.7. The minimum atomic E-state index is -0.766. The number of ether oxygens (including phenoxy) is 2. The monoisotopic (exact) mass is 813 g/mol. The molecule has 1 aliphatic heterocycles. The highest BCUT2D eigenvalue weighted by molar-refractivity contribution is 5.90. The second kappa shape index (κ2) is 24.4. The molecule has 14 heteroatoms. The normalized spacial score (nSPS) is 18.6. The highest BCUT2D eigenvalue weighted by Gasteiger charge is 2.43. The van der Waals surface area contributed by atoms with Crippen LogP contribution in [0.5, 0.6) is 0 Å². The van der Waals surface area contributed by atoms with E-state index in [9.17, 15) is 19.2 Å². The Labute approximate surface area is 349 Å². The molecule has 14 nitrogen and oxygen atoms in total. The van der Waals surface area contributed by atoms with Crippen molar-refractivity contribution in [1.82, 2.24) is 25.3 Å². The van der Waals surface area contributed by atoms with Crippen LogP contribution in [0.15, 0.2) is 29.4 Å². The number of carbonyl (C=O) groups is 4. The number of likely N-dealkylation sites (N-methyl/N-ethyl adjacent to an activating group) is 2. The lowest BCUT2D eigenvalue weighted by Gasteiger charge is -2.41. The molecule has 58 heavy (non-hydrogen) atoms. The van der Waals surface area contributed by atoms with Gasteiger partial charge in [0.05, 0.1) is 42.7 Å². The summed E-state index contributed by atoms with van der Waals surface area (Å²) in [6.45, 7) is 18.7. The largest absolute Gasteiger partial charge is 0.379 e. The highest BCUT2D eigenvalue weighted by atomic mass is 16.5. The van der Waals surface area contributed by atoms with Crippen molar-refractivity contribution in [3.05, 3.63) is 45.8 Å². The third-order valence-electron chi connectivity index (χ3n) is 11.8. The molecule has 0 aromatic heterocycles. The molecule has 2 rings (SSSR count). The molecule has 0 saturated carbocycles. The van der Waals surface area contributed by atoms with E-state index >= 15 is 0 Å². The maximum Gasteiger partial charge on any atom is 0.245 e. The summed E-state index contributed by atoms with van der Waals surface area (Å²) in [5.74, 6) is -1.06. The Kier molecular flexibility index (Phi) is 21.2. The number of methoxy groups -OCH3 is 2. The van der Waals surface area contributed by atoms with Crippen molar-refractivity contribution in [2.24, 2.45) is 34.7 Å². The van der Waals surface area contributed by atoms with Gasteiger partial charge in [-0.3, -0.25) is 24.1 Å². The first-order valence-corrected chi connectivity index (χ1v) is 21.3. The summed E-state index contributed by atoms with van der Waals surface area (Å²) in [7, 11) is 8.58. The van der Waals surface area contributed by atoms with Gasteiger partial charge in [0.2, 0.25) is 23.6 Å². The van der Waals surface area contributed by atoms with Crippen LogP contribution in [0.25, 0.3) is 10.4 Å². The van der Waals surface area contributed by atoms with Gasteiger partial charge in [-0.1, -0.05) is 98.1 Å². The number of likely N-dealkylation sites (tertiary alicyclic amines) is 1. The number of nitrogens with one attached hydrogen (secondary N) is 2. The molecule has 4 amide bonds. The van der Waals surface area contributed by atoms with Crippen LogP contribution in [0.1, 0.15) is 99.1 Å². The van der Waals surface area contributed by atoms with Gasteiger partial charge in [-0.05, 0) is 80.1 Å². The number of rotatable bonds is 24. The van der Waals surface area contributed by atoms with E-state index < -0.39 is 42.3 Å². The van der Waals surface area contributed by atoms with E-state index in [2.05, 4.69) is 58.8 Å². The minimum Gasteiger partial charge on any atom is -0.379 e. The van der Waals surface area contributed by atoms with Gasteiger partial charge in [-0.15, -0.1) is 0 Å². The van der Waals surface area contributed by atoms with Crippen LogP contribution in [0.3, 0.4) is 0 Å². The Bertz CT molecular complexity index is 1490. The van der Waals surface area contributed by atoms with Gasteiger partial charge >= 0.3 is 0 Å². The van der Waals surface area contributed by atoms with Crippen molar-refractivity contribution in [3.63, 3.8) is 0 Å².